The van der Waals surface area contributed by atoms with Gasteiger partial charge in [-0.05, 0) is 6.07 Å². The molecule has 0 saturated heterocycles. The van der Waals surface area contributed by atoms with Gasteiger partial charge in [0.2, 0.25) is 0 Å². The second-order valence-corrected chi connectivity index (χ2v) is 2.47. The molecule has 0 aliphatic heterocycles. The summed E-state index contributed by atoms with van der Waals surface area (Å²) >= 11 is 0. The number of nitrogens with one attached hydrogen (secondary N) is 1. The molecule has 0 fully saturated rings. The standard InChI is InChI=1S/C7H7N4O/c1-11(12)6-4-2-3-5-7(6)9-10-8-5/h2-4H,1H3,(H,8,9,10)/q+1. The second-order valence-electron chi connectivity index (χ2n) is 2.47. The molecule has 2 rings (SSSR count). The number of hydrogen-bond acceptors (Lipinski definition) is 3. The summed E-state index contributed by atoms with van der Waals surface area (Å²) < 4.78 is 0.769. The normalized spacial score (nSPS) is 10.4. The summed E-state index contributed by atoms with van der Waals surface area (Å²) in [7, 11) is 1.43. The van der Waals surface area contributed by atoms with Crippen LogP contribution in [0.4, 0.5) is 5.69 Å². The number of benzene rings is 1. The van der Waals surface area contributed by atoms with Crippen molar-refractivity contribution in [3.63, 3.8) is 0 Å². The molecular formula is C7H7N4O+. The molecule has 1 heterocycles. The highest BCUT2D eigenvalue weighted by Gasteiger charge is 2.14. The minimum absolute atomic E-state index is 0.529. The monoisotopic (exact) mass is 163 g/mol. The smallest absolute Gasteiger partial charge is 0.197 e. The van der Waals surface area contributed by atoms with Crippen molar-refractivity contribution in [2.75, 3.05) is 7.05 Å². The van der Waals surface area contributed by atoms with Gasteiger partial charge < -0.3 is 0 Å². The predicted molar refractivity (Wildman–Crippen MR) is 43.1 cm³/mol. The van der Waals surface area contributed by atoms with E-state index in [1.165, 1.54) is 7.05 Å². The Labute approximate surface area is 68.0 Å². The first kappa shape index (κ1) is 6.90. The second kappa shape index (κ2) is 2.37. The Hall–Kier alpha value is -1.78. The molecule has 0 atom stereocenters. The number of nitroso groups, excluding NO2 is 1. The molecule has 0 radical (unpaired) electrons. The molecule has 0 spiro atoms. The third-order valence-corrected chi connectivity index (χ3v) is 1.66. The Bertz CT molecular complexity index is 434. The van der Waals surface area contributed by atoms with E-state index in [0.717, 1.165) is 4.76 Å². The highest BCUT2D eigenvalue weighted by atomic mass is 16.3. The van der Waals surface area contributed by atoms with Crippen LogP contribution in [-0.2, 0) is 0 Å². The van der Waals surface area contributed by atoms with Crippen LogP contribution in [0.3, 0.4) is 0 Å². The van der Waals surface area contributed by atoms with Crippen LogP contribution < -0.4 is 0 Å². The van der Waals surface area contributed by atoms with Gasteiger partial charge in [0, 0.05) is 15.7 Å². The van der Waals surface area contributed by atoms with Crippen LogP contribution in [0.1, 0.15) is 0 Å². The van der Waals surface area contributed by atoms with Crippen LogP contribution >= 0.6 is 0 Å². The topological polar surface area (TPSA) is 61.6 Å². The van der Waals surface area contributed by atoms with Gasteiger partial charge in [0.05, 0.1) is 0 Å². The highest BCUT2D eigenvalue weighted by Crippen LogP contribution is 2.19. The number of aromatic amines is 1. The van der Waals surface area contributed by atoms with Crippen molar-refractivity contribution in [3.8, 4) is 0 Å². The SMILES string of the molecule is C[N+](=O)c1cccc2n[nH]nc12. The number of aromatic nitrogens is 3. The fourth-order valence-corrected chi connectivity index (χ4v) is 1.11. The molecule has 60 valence electrons. The Kier molecular flexibility index (Phi) is 1.36. The van der Waals surface area contributed by atoms with E-state index in [1.807, 2.05) is 0 Å². The fraction of sp³-hybridized carbons (Fsp3) is 0.143. The van der Waals surface area contributed by atoms with Crippen molar-refractivity contribution in [1.82, 2.24) is 15.4 Å². The van der Waals surface area contributed by atoms with Crippen molar-refractivity contribution < 1.29 is 4.76 Å². The Balaban J connectivity index is 2.82. The Morgan fingerprint density at radius 1 is 1.42 bits per heavy atom. The van der Waals surface area contributed by atoms with Gasteiger partial charge in [0.1, 0.15) is 5.52 Å². The lowest BCUT2D eigenvalue weighted by Crippen LogP contribution is -1.91. The van der Waals surface area contributed by atoms with E-state index in [4.69, 9.17) is 0 Å². The summed E-state index contributed by atoms with van der Waals surface area (Å²) in [4.78, 5) is 11.0. The van der Waals surface area contributed by atoms with E-state index in [9.17, 15) is 4.91 Å². The van der Waals surface area contributed by atoms with Gasteiger partial charge in [0.15, 0.2) is 12.6 Å². The van der Waals surface area contributed by atoms with E-state index in [-0.39, 0.29) is 0 Å². The number of para-hydroxylation sites is 1. The summed E-state index contributed by atoms with van der Waals surface area (Å²) in [5.41, 5.74) is 1.84. The van der Waals surface area contributed by atoms with Crippen LogP contribution in [0.15, 0.2) is 18.2 Å². The van der Waals surface area contributed by atoms with E-state index < -0.39 is 0 Å². The first-order valence-corrected chi connectivity index (χ1v) is 3.49. The summed E-state index contributed by atoms with van der Waals surface area (Å²) in [6.07, 6.45) is 0. The largest absolute Gasteiger partial charge is 0.285 e. The van der Waals surface area contributed by atoms with Crippen molar-refractivity contribution >= 4 is 16.7 Å². The lowest BCUT2D eigenvalue weighted by molar-refractivity contribution is -0.426. The fourth-order valence-electron chi connectivity index (χ4n) is 1.11. The Morgan fingerprint density at radius 2 is 2.25 bits per heavy atom. The average Bonchev–Trinajstić information content (AvgIpc) is 2.49. The molecule has 5 nitrogen and oxygen atoms in total. The van der Waals surface area contributed by atoms with E-state index in [1.54, 1.807) is 18.2 Å². The first-order chi connectivity index (χ1) is 5.79. The molecule has 0 saturated carbocycles. The molecule has 2 aromatic rings. The van der Waals surface area contributed by atoms with Crippen molar-refractivity contribution in [2.24, 2.45) is 0 Å². The average molecular weight is 163 g/mol. The maximum Gasteiger partial charge on any atom is 0.285 e. The number of H-pyrrole nitrogens is 1. The maximum atomic E-state index is 11.0. The zero-order valence-corrected chi connectivity index (χ0v) is 6.48. The number of hydrogen-bond donors (Lipinski definition) is 1. The van der Waals surface area contributed by atoms with Gasteiger partial charge in [-0.25, -0.2) is 0 Å². The summed E-state index contributed by atoms with van der Waals surface area (Å²) in [5.74, 6) is 0. The van der Waals surface area contributed by atoms with Crippen LogP contribution in [0.2, 0.25) is 0 Å². The van der Waals surface area contributed by atoms with Crippen LogP contribution in [-0.4, -0.2) is 27.2 Å². The van der Waals surface area contributed by atoms with Gasteiger partial charge in [0.25, 0.3) is 5.69 Å². The lowest BCUT2D eigenvalue weighted by atomic mass is 10.3. The van der Waals surface area contributed by atoms with E-state index >= 15 is 0 Å². The minimum Gasteiger partial charge on any atom is -0.197 e. The Morgan fingerprint density at radius 3 is 3.00 bits per heavy atom. The zero-order valence-electron chi connectivity index (χ0n) is 6.48. The third-order valence-electron chi connectivity index (χ3n) is 1.66. The van der Waals surface area contributed by atoms with Crippen LogP contribution in [0, 0.1) is 4.91 Å². The zero-order chi connectivity index (χ0) is 8.55. The molecule has 0 bridgehead atoms. The van der Waals surface area contributed by atoms with E-state index in [0.29, 0.717) is 16.7 Å². The van der Waals surface area contributed by atoms with Crippen LogP contribution in [0.25, 0.3) is 11.0 Å². The number of fused-ring (bicyclic) bond motifs is 1. The number of nitrogens with zero attached hydrogens (tertiary/aromatic N) is 3. The van der Waals surface area contributed by atoms with Crippen molar-refractivity contribution in [1.29, 1.82) is 0 Å². The van der Waals surface area contributed by atoms with Gasteiger partial charge in [-0.2, -0.15) is 10.3 Å². The molecule has 0 amide bonds. The first-order valence-electron chi connectivity index (χ1n) is 3.49. The third kappa shape index (κ3) is 0.868. The lowest BCUT2D eigenvalue weighted by Gasteiger charge is -1.86. The molecule has 0 aliphatic carbocycles. The highest BCUT2D eigenvalue weighted by molar-refractivity contribution is 5.82. The summed E-state index contributed by atoms with van der Waals surface area (Å²) in [6.45, 7) is 0. The summed E-state index contributed by atoms with van der Waals surface area (Å²) in [5, 5.41) is 10.2. The van der Waals surface area contributed by atoms with Crippen LogP contribution in [0.5, 0.6) is 0 Å². The minimum atomic E-state index is 0.529. The molecule has 0 unspecified atom stereocenters. The molecule has 12 heavy (non-hydrogen) atoms. The molecule has 1 aromatic carbocycles. The maximum absolute atomic E-state index is 11.0. The van der Waals surface area contributed by atoms with Gasteiger partial charge in [-0.15, -0.1) is 5.10 Å². The molecular weight excluding hydrogens is 156 g/mol. The van der Waals surface area contributed by atoms with Gasteiger partial charge >= 0.3 is 0 Å². The molecule has 1 aromatic heterocycles. The molecule has 1 N–H and O–H groups in total. The van der Waals surface area contributed by atoms with E-state index in [2.05, 4.69) is 15.4 Å². The van der Waals surface area contributed by atoms with Gasteiger partial charge in [-0.1, -0.05) is 6.07 Å². The van der Waals surface area contributed by atoms with Crippen molar-refractivity contribution in [2.45, 2.75) is 0 Å². The van der Waals surface area contributed by atoms with Crippen molar-refractivity contribution in [3.05, 3.63) is 23.1 Å². The quantitative estimate of drug-likeness (QED) is 0.638. The van der Waals surface area contributed by atoms with Gasteiger partial charge in [-0.3, -0.25) is 0 Å². The predicted octanol–water partition coefficient (Wildman–Crippen LogP) is 0.998. The number of rotatable bonds is 1. The molecule has 0 aliphatic rings. The molecule has 5 heteroatoms. The summed E-state index contributed by atoms with van der Waals surface area (Å²) in [6, 6.07) is 5.28.